The molecule has 1 aromatic carbocycles. The van der Waals surface area contributed by atoms with Crippen LogP contribution in [0.2, 0.25) is 0 Å². The van der Waals surface area contributed by atoms with Crippen molar-refractivity contribution in [3.05, 3.63) is 58.1 Å². The van der Waals surface area contributed by atoms with Crippen molar-refractivity contribution in [2.24, 2.45) is 7.05 Å². The number of aryl methyl sites for hydroxylation is 1. The number of nitrogens with one attached hydrogen (secondary N) is 1. The highest BCUT2D eigenvalue weighted by Gasteiger charge is 2.18. The molecule has 5 heteroatoms. The average Bonchev–Trinajstić information content (AvgIpc) is 3.01. The van der Waals surface area contributed by atoms with Gasteiger partial charge in [-0.1, -0.05) is 23.8 Å². The molecule has 0 atom stereocenters. The Hall–Kier alpha value is -2.82. The number of carbonyl (C=O) groups excluding carboxylic acids is 1. The molecular weight excluding hydrogens is 328 g/mol. The van der Waals surface area contributed by atoms with E-state index in [1.807, 2.05) is 25.2 Å². The van der Waals surface area contributed by atoms with Crippen LogP contribution in [-0.2, 0) is 7.05 Å². The normalized spacial score (nSPS) is 14.6. The summed E-state index contributed by atoms with van der Waals surface area (Å²) in [5, 5.41) is 4.25. The van der Waals surface area contributed by atoms with E-state index in [1.165, 1.54) is 18.4 Å². The van der Waals surface area contributed by atoms with Crippen molar-refractivity contribution in [3.8, 4) is 0 Å². The number of hydrogen-bond donors (Lipinski definition) is 1. The molecule has 3 aromatic rings. The summed E-state index contributed by atoms with van der Waals surface area (Å²) in [5.41, 5.74) is 2.75. The molecule has 0 unspecified atom stereocenters. The highest BCUT2D eigenvalue weighted by molar-refractivity contribution is 6.07. The predicted molar refractivity (Wildman–Crippen MR) is 102 cm³/mol. The Morgan fingerprint density at radius 1 is 1.23 bits per heavy atom. The Morgan fingerprint density at radius 3 is 2.88 bits per heavy atom. The van der Waals surface area contributed by atoms with Crippen LogP contribution in [-0.4, -0.2) is 17.0 Å². The summed E-state index contributed by atoms with van der Waals surface area (Å²) >= 11 is 0. The minimum absolute atomic E-state index is 0.163. The number of amides is 1. The molecule has 134 valence electrons. The van der Waals surface area contributed by atoms with Gasteiger partial charge in [-0.25, -0.2) is 4.79 Å². The third-order valence-corrected chi connectivity index (χ3v) is 5.15. The van der Waals surface area contributed by atoms with Gasteiger partial charge in [-0.2, -0.15) is 0 Å². The van der Waals surface area contributed by atoms with E-state index in [0.717, 1.165) is 30.2 Å². The molecule has 1 aliphatic rings. The molecule has 2 heterocycles. The standard InChI is InChI=1S/C21H22N2O3/c1-23-17(20(24)22-12-11-14-7-3-2-4-8-14)13-16-19(23)15-9-5-6-10-18(15)26-21(16)25/h5-7,9-10,13H,2-4,8,11-12H2,1H3,(H,22,24). The lowest BCUT2D eigenvalue weighted by atomic mass is 9.97. The van der Waals surface area contributed by atoms with Crippen molar-refractivity contribution in [1.29, 1.82) is 0 Å². The summed E-state index contributed by atoms with van der Waals surface area (Å²) in [4.78, 5) is 24.9. The Kier molecular flexibility index (Phi) is 4.37. The fraction of sp³-hybridized carbons (Fsp3) is 0.333. The minimum Gasteiger partial charge on any atom is -0.422 e. The van der Waals surface area contributed by atoms with Crippen LogP contribution in [0.3, 0.4) is 0 Å². The Balaban J connectivity index is 1.62. The number of hydrogen-bond acceptors (Lipinski definition) is 3. The van der Waals surface area contributed by atoms with E-state index in [9.17, 15) is 9.59 Å². The summed E-state index contributed by atoms with van der Waals surface area (Å²) in [7, 11) is 1.81. The van der Waals surface area contributed by atoms with E-state index in [0.29, 0.717) is 23.2 Å². The number of nitrogens with zero attached hydrogens (tertiary/aromatic N) is 1. The minimum atomic E-state index is -0.416. The lowest BCUT2D eigenvalue weighted by molar-refractivity contribution is 0.0946. The SMILES string of the molecule is Cn1c(C(=O)NCCC2=CCCCC2)cc2c(=O)oc3ccccc3c21. The van der Waals surface area contributed by atoms with E-state index in [2.05, 4.69) is 11.4 Å². The van der Waals surface area contributed by atoms with E-state index in [-0.39, 0.29) is 5.91 Å². The molecule has 1 aliphatic carbocycles. The maximum absolute atomic E-state index is 12.6. The van der Waals surface area contributed by atoms with Crippen molar-refractivity contribution >= 4 is 27.8 Å². The number of rotatable bonds is 4. The third-order valence-electron chi connectivity index (χ3n) is 5.15. The van der Waals surface area contributed by atoms with Crippen LogP contribution in [0, 0.1) is 0 Å². The van der Waals surface area contributed by atoms with E-state index >= 15 is 0 Å². The van der Waals surface area contributed by atoms with Crippen LogP contribution in [0.4, 0.5) is 0 Å². The zero-order chi connectivity index (χ0) is 18.1. The van der Waals surface area contributed by atoms with Gasteiger partial charge >= 0.3 is 5.63 Å². The number of para-hydroxylation sites is 1. The molecule has 5 nitrogen and oxygen atoms in total. The first-order valence-electron chi connectivity index (χ1n) is 9.12. The average molecular weight is 350 g/mol. The van der Waals surface area contributed by atoms with Gasteiger partial charge in [0.15, 0.2) is 0 Å². The van der Waals surface area contributed by atoms with Gasteiger partial charge < -0.3 is 14.3 Å². The third kappa shape index (κ3) is 2.94. The van der Waals surface area contributed by atoms with Crippen molar-refractivity contribution in [2.75, 3.05) is 6.54 Å². The number of benzene rings is 1. The monoisotopic (exact) mass is 350 g/mol. The maximum Gasteiger partial charge on any atom is 0.345 e. The summed E-state index contributed by atoms with van der Waals surface area (Å²) in [6, 6.07) is 9.02. The molecule has 0 saturated carbocycles. The lowest BCUT2D eigenvalue weighted by Gasteiger charge is -2.13. The Labute approximate surface area is 151 Å². The molecular formula is C21H22N2O3. The second-order valence-electron chi connectivity index (χ2n) is 6.85. The van der Waals surface area contributed by atoms with E-state index in [1.54, 1.807) is 16.7 Å². The van der Waals surface area contributed by atoms with Gasteiger partial charge in [0, 0.05) is 19.0 Å². The number of aromatic nitrogens is 1. The fourth-order valence-electron chi connectivity index (χ4n) is 3.77. The molecule has 0 bridgehead atoms. The predicted octanol–water partition coefficient (Wildman–Crippen LogP) is 3.91. The van der Waals surface area contributed by atoms with Gasteiger partial charge in [0.05, 0.1) is 10.9 Å². The molecule has 0 saturated heterocycles. The van der Waals surface area contributed by atoms with Crippen LogP contribution in [0.5, 0.6) is 0 Å². The molecule has 4 rings (SSSR count). The fourth-order valence-corrected chi connectivity index (χ4v) is 3.77. The highest BCUT2D eigenvalue weighted by Crippen LogP contribution is 2.25. The van der Waals surface area contributed by atoms with Gasteiger partial charge in [0.25, 0.3) is 5.91 Å². The smallest absolute Gasteiger partial charge is 0.345 e. The molecule has 1 N–H and O–H groups in total. The molecule has 26 heavy (non-hydrogen) atoms. The number of allylic oxidation sites excluding steroid dienone is 1. The summed E-state index contributed by atoms with van der Waals surface area (Å²) < 4.78 is 7.16. The molecule has 0 radical (unpaired) electrons. The zero-order valence-corrected chi connectivity index (χ0v) is 14.9. The van der Waals surface area contributed by atoms with Gasteiger partial charge in [-0.15, -0.1) is 0 Å². The second-order valence-corrected chi connectivity index (χ2v) is 6.85. The summed E-state index contributed by atoms with van der Waals surface area (Å²) in [6.07, 6.45) is 7.98. The van der Waals surface area contributed by atoms with Crippen molar-refractivity contribution in [1.82, 2.24) is 9.88 Å². The lowest BCUT2D eigenvalue weighted by Crippen LogP contribution is -2.26. The first-order valence-corrected chi connectivity index (χ1v) is 9.12. The van der Waals surface area contributed by atoms with Crippen molar-refractivity contribution in [2.45, 2.75) is 32.1 Å². The molecule has 1 amide bonds. The van der Waals surface area contributed by atoms with Crippen LogP contribution in [0.25, 0.3) is 21.9 Å². The van der Waals surface area contributed by atoms with Crippen molar-refractivity contribution < 1.29 is 9.21 Å². The van der Waals surface area contributed by atoms with Gasteiger partial charge in [0.1, 0.15) is 11.3 Å². The highest BCUT2D eigenvalue weighted by atomic mass is 16.4. The number of fused-ring (bicyclic) bond motifs is 3. The summed E-state index contributed by atoms with van der Waals surface area (Å²) in [6.45, 7) is 0.613. The van der Waals surface area contributed by atoms with Crippen molar-refractivity contribution in [3.63, 3.8) is 0 Å². The van der Waals surface area contributed by atoms with Crippen LogP contribution < -0.4 is 10.9 Å². The molecule has 0 fully saturated rings. The molecule has 0 aliphatic heterocycles. The van der Waals surface area contributed by atoms with Gasteiger partial charge in [-0.3, -0.25) is 4.79 Å². The number of carbonyl (C=O) groups is 1. The second kappa shape index (κ2) is 6.83. The largest absolute Gasteiger partial charge is 0.422 e. The quantitative estimate of drug-likeness (QED) is 0.573. The van der Waals surface area contributed by atoms with Crippen LogP contribution in [0.1, 0.15) is 42.6 Å². The van der Waals surface area contributed by atoms with E-state index < -0.39 is 5.63 Å². The van der Waals surface area contributed by atoms with Crippen LogP contribution in [0.15, 0.2) is 51.2 Å². The molecule has 0 spiro atoms. The van der Waals surface area contributed by atoms with Crippen LogP contribution >= 0.6 is 0 Å². The first-order chi connectivity index (χ1) is 12.6. The Bertz CT molecular complexity index is 1070. The maximum atomic E-state index is 12.6. The molecule has 2 aromatic heterocycles. The van der Waals surface area contributed by atoms with E-state index in [4.69, 9.17) is 4.42 Å². The Morgan fingerprint density at radius 2 is 2.08 bits per heavy atom. The zero-order valence-electron chi connectivity index (χ0n) is 14.9. The summed E-state index contributed by atoms with van der Waals surface area (Å²) in [5.74, 6) is -0.163. The topological polar surface area (TPSA) is 64.2 Å². The first kappa shape index (κ1) is 16.6. The van der Waals surface area contributed by atoms with Gasteiger partial charge in [-0.05, 0) is 50.3 Å². The van der Waals surface area contributed by atoms with Gasteiger partial charge in [0.2, 0.25) is 0 Å².